The van der Waals surface area contributed by atoms with E-state index in [9.17, 15) is 17.6 Å². The van der Waals surface area contributed by atoms with Crippen molar-refractivity contribution < 1.29 is 17.6 Å². The molecule has 106 valence electrons. The van der Waals surface area contributed by atoms with Gasteiger partial charge in [-0.15, -0.1) is 0 Å². The van der Waals surface area contributed by atoms with Gasteiger partial charge in [0.2, 0.25) is 0 Å². The summed E-state index contributed by atoms with van der Waals surface area (Å²) in [5.74, 6) is -2.06. The minimum absolute atomic E-state index is 0.102. The fraction of sp³-hybridized carbons (Fsp3) is 0.500. The number of nitrogens with zero attached hydrogens (tertiary/aromatic N) is 1. The van der Waals surface area contributed by atoms with Crippen LogP contribution in [0.25, 0.3) is 0 Å². The number of rotatable bonds is 1. The second-order valence-corrected chi connectivity index (χ2v) is 5.06. The molecule has 0 aliphatic carbocycles. The monoisotopic (exact) mass is 296 g/mol. The highest BCUT2D eigenvalue weighted by molar-refractivity contribution is 6.31. The first-order valence-corrected chi connectivity index (χ1v) is 6.23. The van der Waals surface area contributed by atoms with Gasteiger partial charge >= 0.3 is 6.18 Å². The van der Waals surface area contributed by atoms with Crippen LogP contribution in [0.3, 0.4) is 0 Å². The van der Waals surface area contributed by atoms with Crippen molar-refractivity contribution in [3.63, 3.8) is 0 Å². The van der Waals surface area contributed by atoms with Crippen LogP contribution in [0, 0.1) is 11.7 Å². The summed E-state index contributed by atoms with van der Waals surface area (Å²) in [7, 11) is 0. The molecule has 0 bridgehead atoms. The van der Waals surface area contributed by atoms with Gasteiger partial charge in [0.15, 0.2) is 0 Å². The van der Waals surface area contributed by atoms with Gasteiger partial charge in [0.25, 0.3) is 0 Å². The third-order valence-electron chi connectivity index (χ3n) is 3.29. The molecule has 1 aliphatic heterocycles. The Morgan fingerprint density at radius 2 is 2.00 bits per heavy atom. The fourth-order valence-corrected chi connectivity index (χ4v) is 2.45. The van der Waals surface area contributed by atoms with Crippen LogP contribution in [-0.4, -0.2) is 19.3 Å². The third-order valence-corrected chi connectivity index (χ3v) is 3.58. The zero-order chi connectivity index (χ0) is 14.2. The number of nitrogens with two attached hydrogens (primary N) is 1. The van der Waals surface area contributed by atoms with Crippen LogP contribution in [0.1, 0.15) is 12.8 Å². The average Bonchev–Trinajstić information content (AvgIpc) is 2.33. The van der Waals surface area contributed by atoms with Gasteiger partial charge in [0, 0.05) is 19.2 Å². The molecule has 1 aliphatic rings. The summed E-state index contributed by atoms with van der Waals surface area (Å²) in [4.78, 5) is 1.52. The molecule has 0 saturated carbocycles. The van der Waals surface area contributed by atoms with Crippen molar-refractivity contribution in [2.24, 2.45) is 5.92 Å². The molecule has 19 heavy (non-hydrogen) atoms. The molecule has 1 unspecified atom stereocenters. The first-order chi connectivity index (χ1) is 8.79. The molecule has 1 heterocycles. The van der Waals surface area contributed by atoms with Crippen molar-refractivity contribution in [2.75, 3.05) is 23.7 Å². The topological polar surface area (TPSA) is 29.3 Å². The van der Waals surface area contributed by atoms with Gasteiger partial charge in [-0.1, -0.05) is 11.6 Å². The Balaban J connectivity index is 2.25. The first kappa shape index (κ1) is 14.2. The highest BCUT2D eigenvalue weighted by Crippen LogP contribution is 2.37. The Morgan fingerprint density at radius 3 is 2.63 bits per heavy atom. The van der Waals surface area contributed by atoms with Gasteiger partial charge in [0.1, 0.15) is 5.82 Å². The second-order valence-electron chi connectivity index (χ2n) is 4.65. The highest BCUT2D eigenvalue weighted by atomic mass is 35.5. The highest BCUT2D eigenvalue weighted by Gasteiger charge is 2.42. The molecule has 1 aromatic rings. The number of hydrogen-bond donors (Lipinski definition) is 1. The molecule has 0 radical (unpaired) electrons. The average molecular weight is 297 g/mol. The predicted octanol–water partition coefficient (Wildman–Crippen LogP) is 3.84. The van der Waals surface area contributed by atoms with Gasteiger partial charge in [-0.2, -0.15) is 13.2 Å². The Morgan fingerprint density at radius 1 is 1.32 bits per heavy atom. The standard InChI is InChI=1S/C12H13ClF4N2/c13-8-4-11(10(18)5-9(8)14)19-3-1-2-7(6-19)12(15,16)17/h4-5,7H,1-3,6,18H2. The molecule has 7 heteroatoms. The number of alkyl halides is 3. The molecular weight excluding hydrogens is 284 g/mol. The van der Waals surface area contributed by atoms with Crippen LogP contribution in [0.5, 0.6) is 0 Å². The zero-order valence-corrected chi connectivity index (χ0v) is 10.7. The summed E-state index contributed by atoms with van der Waals surface area (Å²) in [6.07, 6.45) is -3.70. The lowest BCUT2D eigenvalue weighted by Gasteiger charge is -2.35. The summed E-state index contributed by atoms with van der Waals surface area (Å²) >= 11 is 5.65. The van der Waals surface area contributed by atoms with Crippen LogP contribution >= 0.6 is 11.6 Å². The summed E-state index contributed by atoms with van der Waals surface area (Å²) in [6.45, 7) is 0.286. The molecule has 0 amide bonds. The van der Waals surface area contributed by atoms with Crippen LogP contribution in [0.15, 0.2) is 12.1 Å². The Hall–Kier alpha value is -1.17. The molecule has 0 aromatic heterocycles. The summed E-state index contributed by atoms with van der Waals surface area (Å²) < 4.78 is 51.4. The number of halogens is 5. The van der Waals surface area contributed by atoms with E-state index in [1.54, 1.807) is 0 Å². The summed E-state index contributed by atoms with van der Waals surface area (Å²) in [5, 5.41) is -0.140. The lowest BCUT2D eigenvalue weighted by molar-refractivity contribution is -0.175. The van der Waals surface area contributed by atoms with Crippen LogP contribution in [0.2, 0.25) is 5.02 Å². The van der Waals surface area contributed by atoms with E-state index in [0.717, 1.165) is 6.07 Å². The molecule has 0 spiro atoms. The smallest absolute Gasteiger partial charge is 0.393 e. The van der Waals surface area contributed by atoms with Crippen molar-refractivity contribution >= 4 is 23.0 Å². The van der Waals surface area contributed by atoms with E-state index in [1.807, 2.05) is 0 Å². The van der Waals surface area contributed by atoms with Crippen LogP contribution < -0.4 is 10.6 Å². The van der Waals surface area contributed by atoms with Crippen molar-refractivity contribution in [1.82, 2.24) is 0 Å². The first-order valence-electron chi connectivity index (χ1n) is 5.85. The van der Waals surface area contributed by atoms with E-state index < -0.39 is 17.9 Å². The minimum atomic E-state index is -4.22. The molecule has 1 saturated heterocycles. The number of benzene rings is 1. The maximum Gasteiger partial charge on any atom is 0.393 e. The molecular formula is C12H13ClF4N2. The largest absolute Gasteiger partial charge is 0.397 e. The quantitative estimate of drug-likeness (QED) is 0.630. The Labute approximate surface area is 113 Å². The zero-order valence-electron chi connectivity index (χ0n) is 9.97. The fourth-order valence-electron chi connectivity index (χ4n) is 2.29. The Kier molecular flexibility index (Phi) is 3.80. The van der Waals surface area contributed by atoms with Crippen LogP contribution in [-0.2, 0) is 0 Å². The van der Waals surface area contributed by atoms with E-state index in [0.29, 0.717) is 18.7 Å². The van der Waals surface area contributed by atoms with E-state index in [-0.39, 0.29) is 23.7 Å². The molecule has 1 fully saturated rings. The number of hydrogen-bond acceptors (Lipinski definition) is 2. The summed E-state index contributed by atoms with van der Waals surface area (Å²) in [5.41, 5.74) is 6.12. The number of nitrogen functional groups attached to an aromatic ring is 1. The molecule has 2 N–H and O–H groups in total. The SMILES string of the molecule is Nc1cc(F)c(Cl)cc1N1CCCC(C(F)(F)F)C1. The maximum atomic E-state index is 13.2. The van der Waals surface area contributed by atoms with Crippen molar-refractivity contribution in [2.45, 2.75) is 19.0 Å². The van der Waals surface area contributed by atoms with Gasteiger partial charge in [-0.25, -0.2) is 4.39 Å². The van der Waals surface area contributed by atoms with E-state index in [2.05, 4.69) is 0 Å². The van der Waals surface area contributed by atoms with Gasteiger partial charge < -0.3 is 10.6 Å². The third kappa shape index (κ3) is 3.05. The van der Waals surface area contributed by atoms with E-state index in [4.69, 9.17) is 17.3 Å². The molecule has 2 nitrogen and oxygen atoms in total. The van der Waals surface area contributed by atoms with Gasteiger partial charge in [-0.3, -0.25) is 0 Å². The number of anilines is 2. The molecule has 1 atom stereocenters. The normalized spacial score (nSPS) is 20.7. The van der Waals surface area contributed by atoms with E-state index >= 15 is 0 Å². The summed E-state index contributed by atoms with van der Waals surface area (Å²) in [6, 6.07) is 2.32. The van der Waals surface area contributed by atoms with Gasteiger partial charge in [-0.05, 0) is 18.9 Å². The second kappa shape index (κ2) is 5.07. The van der Waals surface area contributed by atoms with Crippen molar-refractivity contribution in [3.05, 3.63) is 23.0 Å². The van der Waals surface area contributed by atoms with Crippen LogP contribution in [0.4, 0.5) is 28.9 Å². The van der Waals surface area contributed by atoms with E-state index in [1.165, 1.54) is 11.0 Å². The van der Waals surface area contributed by atoms with Crippen molar-refractivity contribution in [1.29, 1.82) is 0 Å². The number of piperidine rings is 1. The Bertz CT molecular complexity index is 476. The lowest BCUT2D eigenvalue weighted by Crippen LogP contribution is -2.42. The predicted molar refractivity (Wildman–Crippen MR) is 66.8 cm³/mol. The lowest BCUT2D eigenvalue weighted by atomic mass is 9.97. The molecule has 2 rings (SSSR count). The maximum absolute atomic E-state index is 13.2. The van der Waals surface area contributed by atoms with Gasteiger partial charge in [0.05, 0.1) is 22.3 Å². The van der Waals surface area contributed by atoms with Crippen molar-refractivity contribution in [3.8, 4) is 0 Å². The molecule has 1 aromatic carbocycles. The minimum Gasteiger partial charge on any atom is -0.397 e.